The molecule has 1 N–H and O–H groups in total. The molecule has 1 atom stereocenters. The van der Waals surface area contributed by atoms with Crippen molar-refractivity contribution in [3.63, 3.8) is 0 Å². The number of ether oxygens (including phenoxy) is 1. The first-order valence-corrected chi connectivity index (χ1v) is 6.65. The molecule has 0 fully saturated rings. The number of nitrogens with zero attached hydrogens (tertiary/aromatic N) is 2. The van der Waals surface area contributed by atoms with Crippen molar-refractivity contribution < 1.29 is 9.84 Å². The van der Waals surface area contributed by atoms with Crippen molar-refractivity contribution in [2.24, 2.45) is 0 Å². The third kappa shape index (κ3) is 3.35. The van der Waals surface area contributed by atoms with Crippen LogP contribution in [0.2, 0.25) is 0 Å². The fourth-order valence-corrected chi connectivity index (χ4v) is 1.94. The Morgan fingerprint density at radius 3 is 2.63 bits per heavy atom. The summed E-state index contributed by atoms with van der Waals surface area (Å²) in [6, 6.07) is 7.56. The molecule has 0 spiro atoms. The summed E-state index contributed by atoms with van der Waals surface area (Å²) in [4.78, 5) is 4.26. The van der Waals surface area contributed by atoms with Crippen LogP contribution in [-0.4, -0.2) is 14.7 Å². The number of aryl methyl sites for hydroxylation is 1. The van der Waals surface area contributed by atoms with E-state index in [1.165, 1.54) is 0 Å². The minimum Gasteiger partial charge on any atom is -0.486 e. The average Bonchev–Trinajstić information content (AvgIpc) is 2.92. The highest BCUT2D eigenvalue weighted by atomic mass is 16.5. The molecular weight excluding hydrogens is 240 g/mol. The molecule has 102 valence electrons. The first-order valence-electron chi connectivity index (χ1n) is 6.65. The zero-order chi connectivity index (χ0) is 13.7. The van der Waals surface area contributed by atoms with Gasteiger partial charge in [-0.15, -0.1) is 0 Å². The van der Waals surface area contributed by atoms with Gasteiger partial charge in [0.15, 0.2) is 0 Å². The second-order valence-electron chi connectivity index (χ2n) is 4.41. The predicted octanol–water partition coefficient (Wildman–Crippen LogP) is 2.93. The van der Waals surface area contributed by atoms with Crippen molar-refractivity contribution in [2.75, 3.05) is 0 Å². The van der Waals surface area contributed by atoms with Crippen LogP contribution in [0.25, 0.3) is 0 Å². The molecule has 1 aromatic heterocycles. The Labute approximate surface area is 113 Å². The van der Waals surface area contributed by atoms with Gasteiger partial charge < -0.3 is 14.4 Å². The van der Waals surface area contributed by atoms with Gasteiger partial charge in [-0.25, -0.2) is 4.98 Å². The van der Waals surface area contributed by atoms with E-state index in [1.807, 2.05) is 37.4 Å². The van der Waals surface area contributed by atoms with Gasteiger partial charge in [0.1, 0.15) is 18.2 Å². The number of imidazole rings is 1. The highest BCUT2D eigenvalue weighted by Crippen LogP contribution is 2.20. The van der Waals surface area contributed by atoms with Crippen molar-refractivity contribution in [1.82, 2.24) is 9.55 Å². The maximum Gasteiger partial charge on any atom is 0.146 e. The molecule has 0 unspecified atom stereocenters. The Morgan fingerprint density at radius 2 is 2.00 bits per heavy atom. The molecule has 0 saturated heterocycles. The molecule has 19 heavy (non-hydrogen) atoms. The van der Waals surface area contributed by atoms with Crippen molar-refractivity contribution in [3.05, 3.63) is 48.0 Å². The maximum absolute atomic E-state index is 9.71. The molecule has 2 aromatic rings. The number of aliphatic hydroxyl groups excluding tert-OH is 1. The molecule has 0 aliphatic heterocycles. The van der Waals surface area contributed by atoms with Crippen LogP contribution in [0.15, 0.2) is 36.7 Å². The summed E-state index contributed by atoms with van der Waals surface area (Å²) in [7, 11) is 0. The zero-order valence-corrected chi connectivity index (χ0v) is 11.4. The Kier molecular flexibility index (Phi) is 4.58. The Hall–Kier alpha value is -1.81. The normalized spacial score (nSPS) is 12.4. The van der Waals surface area contributed by atoms with E-state index in [0.717, 1.165) is 23.7 Å². The van der Waals surface area contributed by atoms with Gasteiger partial charge in [-0.3, -0.25) is 0 Å². The molecule has 2 rings (SSSR count). The fraction of sp³-hybridized carbons (Fsp3) is 0.400. The summed E-state index contributed by atoms with van der Waals surface area (Å²) < 4.78 is 7.75. The molecule has 4 heteroatoms. The van der Waals surface area contributed by atoms with Crippen LogP contribution in [0.5, 0.6) is 5.75 Å². The van der Waals surface area contributed by atoms with Gasteiger partial charge in [-0.2, -0.15) is 0 Å². The van der Waals surface area contributed by atoms with Gasteiger partial charge in [0, 0.05) is 18.9 Å². The van der Waals surface area contributed by atoms with E-state index in [1.54, 1.807) is 6.20 Å². The maximum atomic E-state index is 9.71. The number of aromatic nitrogens is 2. The lowest BCUT2D eigenvalue weighted by molar-refractivity contribution is 0.173. The summed E-state index contributed by atoms with van der Waals surface area (Å²) >= 11 is 0. The molecule has 1 heterocycles. The van der Waals surface area contributed by atoms with Gasteiger partial charge in [0.2, 0.25) is 0 Å². The molecular formula is C15H20N2O2. The lowest BCUT2D eigenvalue weighted by Crippen LogP contribution is -2.05. The van der Waals surface area contributed by atoms with Gasteiger partial charge >= 0.3 is 0 Å². The summed E-state index contributed by atoms with van der Waals surface area (Å²) in [5.41, 5.74) is 0.921. The molecule has 0 radical (unpaired) electrons. The highest BCUT2D eigenvalue weighted by molar-refractivity contribution is 5.28. The van der Waals surface area contributed by atoms with E-state index in [9.17, 15) is 5.11 Å². The first-order chi connectivity index (χ1) is 9.24. The van der Waals surface area contributed by atoms with Crippen LogP contribution in [0.4, 0.5) is 0 Å². The Morgan fingerprint density at radius 1 is 1.26 bits per heavy atom. The van der Waals surface area contributed by atoms with E-state index >= 15 is 0 Å². The molecule has 0 saturated carbocycles. The smallest absolute Gasteiger partial charge is 0.146 e. The summed E-state index contributed by atoms with van der Waals surface area (Å²) in [6.07, 6.45) is 4.05. The number of rotatable bonds is 6. The quantitative estimate of drug-likeness (QED) is 0.868. The van der Waals surface area contributed by atoms with E-state index in [4.69, 9.17) is 4.74 Å². The van der Waals surface area contributed by atoms with E-state index in [2.05, 4.69) is 16.5 Å². The van der Waals surface area contributed by atoms with Crippen molar-refractivity contribution >= 4 is 0 Å². The van der Waals surface area contributed by atoms with Gasteiger partial charge in [-0.05, 0) is 31.0 Å². The van der Waals surface area contributed by atoms with Crippen molar-refractivity contribution in [1.29, 1.82) is 0 Å². The molecule has 4 nitrogen and oxygen atoms in total. The lowest BCUT2D eigenvalue weighted by Gasteiger charge is -2.10. The molecule has 0 aliphatic rings. The van der Waals surface area contributed by atoms with Crippen LogP contribution in [0.3, 0.4) is 0 Å². The van der Waals surface area contributed by atoms with Crippen LogP contribution in [0, 0.1) is 0 Å². The van der Waals surface area contributed by atoms with Crippen LogP contribution in [-0.2, 0) is 13.2 Å². The minimum atomic E-state index is -0.395. The summed E-state index contributed by atoms with van der Waals surface area (Å²) in [5.74, 6) is 1.71. The number of aliphatic hydroxyl groups is 1. The van der Waals surface area contributed by atoms with E-state index in [0.29, 0.717) is 13.0 Å². The molecule has 0 aliphatic carbocycles. The SMILES string of the molecule is CC[C@@H](O)c1ccc(OCc2nccn2CC)cc1. The van der Waals surface area contributed by atoms with E-state index in [-0.39, 0.29) is 0 Å². The van der Waals surface area contributed by atoms with Crippen molar-refractivity contribution in [3.8, 4) is 5.75 Å². The average molecular weight is 260 g/mol. The summed E-state index contributed by atoms with van der Waals surface area (Å²) in [6.45, 7) is 5.38. The third-order valence-corrected chi connectivity index (χ3v) is 3.16. The molecule has 0 amide bonds. The minimum absolute atomic E-state index is 0.395. The molecule has 1 aromatic carbocycles. The fourth-order valence-electron chi connectivity index (χ4n) is 1.94. The molecule has 0 bridgehead atoms. The monoisotopic (exact) mass is 260 g/mol. The van der Waals surface area contributed by atoms with Gasteiger partial charge in [0.25, 0.3) is 0 Å². The standard InChI is InChI=1S/C15H20N2O2/c1-3-14(18)12-5-7-13(8-6-12)19-11-15-16-9-10-17(15)4-2/h5-10,14,18H,3-4,11H2,1-2H3/t14-/m1/s1. The lowest BCUT2D eigenvalue weighted by atomic mass is 10.1. The number of hydrogen-bond acceptors (Lipinski definition) is 3. The van der Waals surface area contributed by atoms with Gasteiger partial charge in [-0.1, -0.05) is 19.1 Å². The predicted molar refractivity (Wildman–Crippen MR) is 73.9 cm³/mol. The zero-order valence-electron chi connectivity index (χ0n) is 11.4. The van der Waals surface area contributed by atoms with E-state index < -0.39 is 6.10 Å². The second kappa shape index (κ2) is 6.38. The largest absolute Gasteiger partial charge is 0.486 e. The van der Waals surface area contributed by atoms with Crippen molar-refractivity contribution in [2.45, 2.75) is 39.5 Å². The third-order valence-electron chi connectivity index (χ3n) is 3.16. The number of benzene rings is 1. The summed E-state index contributed by atoms with van der Waals surface area (Å²) in [5, 5.41) is 9.71. The van der Waals surface area contributed by atoms with Crippen LogP contribution < -0.4 is 4.74 Å². The Balaban J connectivity index is 1.96. The second-order valence-corrected chi connectivity index (χ2v) is 4.41. The van der Waals surface area contributed by atoms with Crippen LogP contribution >= 0.6 is 0 Å². The topological polar surface area (TPSA) is 47.3 Å². The van der Waals surface area contributed by atoms with Crippen LogP contribution in [0.1, 0.15) is 37.8 Å². The highest BCUT2D eigenvalue weighted by Gasteiger charge is 2.05. The Bertz CT molecular complexity index is 505. The first kappa shape index (κ1) is 13.6. The number of hydrogen-bond donors (Lipinski definition) is 1. The van der Waals surface area contributed by atoms with Gasteiger partial charge in [0.05, 0.1) is 6.10 Å².